The van der Waals surface area contributed by atoms with E-state index in [2.05, 4.69) is 24.5 Å². The van der Waals surface area contributed by atoms with Crippen molar-refractivity contribution in [1.29, 1.82) is 0 Å². The summed E-state index contributed by atoms with van der Waals surface area (Å²) in [4.78, 5) is 21.9. The van der Waals surface area contributed by atoms with Gasteiger partial charge >= 0.3 is 12.0 Å². The van der Waals surface area contributed by atoms with Crippen molar-refractivity contribution in [3.8, 4) is 0 Å². The molecule has 0 aliphatic heterocycles. The first kappa shape index (κ1) is 15.7. The van der Waals surface area contributed by atoms with Crippen molar-refractivity contribution in [1.82, 2.24) is 10.6 Å². The van der Waals surface area contributed by atoms with Gasteiger partial charge in [-0.25, -0.2) is 4.79 Å². The molecule has 5 nitrogen and oxygen atoms in total. The predicted molar refractivity (Wildman–Crippen MR) is 66.9 cm³/mol. The number of nitrogens with one attached hydrogen (secondary N) is 2. The number of amides is 2. The molecule has 3 atom stereocenters. The van der Waals surface area contributed by atoms with Crippen LogP contribution < -0.4 is 10.6 Å². The number of carbonyl (C=O) groups is 2. The molecule has 2 amide bonds. The van der Waals surface area contributed by atoms with Gasteiger partial charge in [0.2, 0.25) is 0 Å². The Labute approximate surface area is 103 Å². The molecule has 5 heteroatoms. The van der Waals surface area contributed by atoms with Crippen molar-refractivity contribution in [2.75, 3.05) is 0 Å². The molecule has 0 aromatic rings. The lowest BCUT2D eigenvalue weighted by Crippen LogP contribution is -2.45. The predicted octanol–water partition coefficient (Wildman–Crippen LogP) is 1.97. The Hall–Kier alpha value is -1.26. The molecule has 3 N–H and O–H groups in total. The van der Waals surface area contributed by atoms with E-state index in [1.165, 1.54) is 0 Å². The zero-order valence-electron chi connectivity index (χ0n) is 11.1. The van der Waals surface area contributed by atoms with Crippen LogP contribution in [0.2, 0.25) is 0 Å². The van der Waals surface area contributed by atoms with Gasteiger partial charge in [0.15, 0.2) is 0 Å². The van der Waals surface area contributed by atoms with Crippen molar-refractivity contribution in [3.05, 3.63) is 0 Å². The van der Waals surface area contributed by atoms with Gasteiger partial charge < -0.3 is 15.7 Å². The van der Waals surface area contributed by atoms with Crippen molar-refractivity contribution in [3.63, 3.8) is 0 Å². The standard InChI is InChI=1S/C12H24N2O3/c1-5-8(2)6-9(3)13-12(17)14-10(4)7-11(15)16/h8-10H,5-7H2,1-4H3,(H,15,16)(H2,13,14,17). The van der Waals surface area contributed by atoms with E-state index in [4.69, 9.17) is 5.11 Å². The fourth-order valence-corrected chi connectivity index (χ4v) is 1.63. The van der Waals surface area contributed by atoms with Gasteiger partial charge in [0.1, 0.15) is 0 Å². The van der Waals surface area contributed by atoms with Gasteiger partial charge in [0.25, 0.3) is 0 Å². The smallest absolute Gasteiger partial charge is 0.315 e. The third-order valence-electron chi connectivity index (χ3n) is 2.69. The molecule has 0 saturated heterocycles. The van der Waals surface area contributed by atoms with Crippen LogP contribution in [0.15, 0.2) is 0 Å². The van der Waals surface area contributed by atoms with Crippen molar-refractivity contribution < 1.29 is 14.7 Å². The highest BCUT2D eigenvalue weighted by molar-refractivity contribution is 5.75. The summed E-state index contributed by atoms with van der Waals surface area (Å²) in [7, 11) is 0. The maximum absolute atomic E-state index is 11.5. The number of aliphatic carboxylic acids is 1. The quantitative estimate of drug-likeness (QED) is 0.640. The first-order valence-corrected chi connectivity index (χ1v) is 6.13. The van der Waals surface area contributed by atoms with Crippen molar-refractivity contribution in [2.45, 2.75) is 59.0 Å². The van der Waals surface area contributed by atoms with Gasteiger partial charge in [-0.15, -0.1) is 0 Å². The lowest BCUT2D eigenvalue weighted by molar-refractivity contribution is -0.137. The van der Waals surface area contributed by atoms with Crippen molar-refractivity contribution in [2.24, 2.45) is 5.92 Å². The maximum atomic E-state index is 11.5. The SMILES string of the molecule is CCC(C)CC(C)NC(=O)NC(C)CC(=O)O. The second-order valence-corrected chi connectivity index (χ2v) is 4.77. The van der Waals surface area contributed by atoms with E-state index in [-0.39, 0.29) is 24.5 Å². The van der Waals surface area contributed by atoms with Crippen molar-refractivity contribution >= 4 is 12.0 Å². The molecule has 17 heavy (non-hydrogen) atoms. The van der Waals surface area contributed by atoms with Gasteiger partial charge in [0, 0.05) is 12.1 Å². The normalized spacial score (nSPS) is 15.8. The molecule has 100 valence electrons. The third-order valence-corrected chi connectivity index (χ3v) is 2.69. The van der Waals surface area contributed by atoms with Crippen LogP contribution in [-0.2, 0) is 4.79 Å². The largest absolute Gasteiger partial charge is 0.481 e. The topological polar surface area (TPSA) is 78.4 Å². The summed E-state index contributed by atoms with van der Waals surface area (Å²) in [5, 5.41) is 14.0. The van der Waals surface area contributed by atoms with Gasteiger partial charge in [0.05, 0.1) is 6.42 Å². The van der Waals surface area contributed by atoms with Crippen LogP contribution >= 0.6 is 0 Å². The number of carboxylic acids is 1. The summed E-state index contributed by atoms with van der Waals surface area (Å²) in [5.41, 5.74) is 0. The van der Waals surface area contributed by atoms with Crippen LogP contribution in [0.4, 0.5) is 4.79 Å². The molecule has 0 rings (SSSR count). The van der Waals surface area contributed by atoms with Crippen LogP contribution in [0.5, 0.6) is 0 Å². The Bertz CT molecular complexity index is 256. The molecule has 0 fully saturated rings. The minimum Gasteiger partial charge on any atom is -0.481 e. The van der Waals surface area contributed by atoms with Gasteiger partial charge in [-0.1, -0.05) is 20.3 Å². The van der Waals surface area contributed by atoms with Crippen LogP contribution in [-0.4, -0.2) is 29.2 Å². The van der Waals surface area contributed by atoms with E-state index < -0.39 is 5.97 Å². The zero-order chi connectivity index (χ0) is 13.4. The minimum atomic E-state index is -0.912. The first-order valence-electron chi connectivity index (χ1n) is 6.13. The average molecular weight is 244 g/mol. The highest BCUT2D eigenvalue weighted by atomic mass is 16.4. The number of hydrogen-bond donors (Lipinski definition) is 3. The number of rotatable bonds is 7. The molecule has 0 bridgehead atoms. The lowest BCUT2D eigenvalue weighted by atomic mass is 10.0. The number of urea groups is 1. The van der Waals surface area contributed by atoms with Crippen LogP contribution in [0.3, 0.4) is 0 Å². The molecular weight excluding hydrogens is 220 g/mol. The molecule has 0 saturated carbocycles. The summed E-state index contributed by atoms with van der Waals surface area (Å²) in [5.74, 6) is -0.341. The van der Waals surface area contributed by atoms with E-state index in [1.54, 1.807) is 6.92 Å². The Morgan fingerprint density at radius 3 is 2.12 bits per heavy atom. The molecule has 0 aromatic carbocycles. The minimum absolute atomic E-state index is 0.0623. The molecule has 0 spiro atoms. The Morgan fingerprint density at radius 1 is 1.12 bits per heavy atom. The van der Waals surface area contributed by atoms with E-state index >= 15 is 0 Å². The molecule has 3 unspecified atom stereocenters. The monoisotopic (exact) mass is 244 g/mol. The molecule has 0 heterocycles. The Balaban J connectivity index is 3.88. The average Bonchev–Trinajstić information content (AvgIpc) is 2.14. The summed E-state index contributed by atoms with van der Waals surface area (Å²) in [6.07, 6.45) is 1.95. The summed E-state index contributed by atoms with van der Waals surface area (Å²) in [6.45, 7) is 7.89. The summed E-state index contributed by atoms with van der Waals surface area (Å²) < 4.78 is 0. The van der Waals surface area contributed by atoms with Crippen LogP contribution in [0, 0.1) is 5.92 Å². The fraction of sp³-hybridized carbons (Fsp3) is 0.833. The van der Waals surface area contributed by atoms with Crippen LogP contribution in [0.25, 0.3) is 0 Å². The highest BCUT2D eigenvalue weighted by Gasteiger charge is 2.13. The highest BCUT2D eigenvalue weighted by Crippen LogP contribution is 2.09. The number of hydrogen-bond acceptors (Lipinski definition) is 2. The van der Waals surface area contributed by atoms with E-state index in [0.29, 0.717) is 5.92 Å². The molecule has 0 radical (unpaired) electrons. The Kier molecular flexibility index (Phi) is 7.34. The molecular formula is C12H24N2O3. The zero-order valence-corrected chi connectivity index (χ0v) is 11.1. The number of carbonyl (C=O) groups excluding carboxylic acids is 1. The van der Waals surface area contributed by atoms with Gasteiger partial charge in [-0.2, -0.15) is 0 Å². The van der Waals surface area contributed by atoms with E-state index in [1.807, 2.05) is 6.92 Å². The molecule has 0 aliphatic rings. The van der Waals surface area contributed by atoms with Crippen LogP contribution in [0.1, 0.15) is 47.0 Å². The summed E-state index contributed by atoms with van der Waals surface area (Å²) in [6, 6.07) is -0.556. The first-order chi connectivity index (χ1) is 7.85. The second-order valence-electron chi connectivity index (χ2n) is 4.77. The third kappa shape index (κ3) is 8.54. The lowest BCUT2D eigenvalue weighted by Gasteiger charge is -2.19. The Morgan fingerprint density at radius 2 is 1.65 bits per heavy atom. The van der Waals surface area contributed by atoms with Gasteiger partial charge in [-0.3, -0.25) is 4.79 Å². The summed E-state index contributed by atoms with van der Waals surface area (Å²) >= 11 is 0. The van der Waals surface area contributed by atoms with E-state index in [9.17, 15) is 9.59 Å². The van der Waals surface area contributed by atoms with Gasteiger partial charge in [-0.05, 0) is 26.2 Å². The fourth-order valence-electron chi connectivity index (χ4n) is 1.63. The molecule has 0 aromatic heterocycles. The number of carboxylic acid groups (broad SMARTS) is 1. The second kappa shape index (κ2) is 7.92. The maximum Gasteiger partial charge on any atom is 0.315 e. The van der Waals surface area contributed by atoms with E-state index in [0.717, 1.165) is 12.8 Å². The molecule has 0 aliphatic carbocycles.